The van der Waals surface area contributed by atoms with Crippen LogP contribution < -0.4 is 14.8 Å². The summed E-state index contributed by atoms with van der Waals surface area (Å²) in [6, 6.07) is 18.4. The van der Waals surface area contributed by atoms with Crippen molar-refractivity contribution in [1.82, 2.24) is 0 Å². The van der Waals surface area contributed by atoms with Gasteiger partial charge in [0.25, 0.3) is 5.91 Å². The predicted molar refractivity (Wildman–Crippen MR) is 110 cm³/mol. The molecule has 4 rings (SSSR count). The Morgan fingerprint density at radius 1 is 0.963 bits per heavy atom. The molecule has 1 aliphatic heterocycles. The van der Waals surface area contributed by atoms with E-state index in [-0.39, 0.29) is 5.91 Å². The second-order valence-electron chi connectivity index (χ2n) is 5.99. The minimum absolute atomic E-state index is 0.242. The van der Waals surface area contributed by atoms with Crippen molar-refractivity contribution in [3.8, 4) is 22.6 Å². The van der Waals surface area contributed by atoms with Gasteiger partial charge in [0.2, 0.25) is 0 Å². The number of fused-ring (bicyclic) bond motifs is 1. The van der Waals surface area contributed by atoms with Crippen molar-refractivity contribution in [2.45, 2.75) is 0 Å². The van der Waals surface area contributed by atoms with E-state index in [1.165, 1.54) is 0 Å². The molecule has 1 heterocycles. The second-order valence-corrected chi connectivity index (χ2v) is 7.25. The highest BCUT2D eigenvalue weighted by Crippen LogP contribution is 2.40. The molecule has 0 saturated heterocycles. The summed E-state index contributed by atoms with van der Waals surface area (Å²) in [6.07, 6.45) is 0. The van der Waals surface area contributed by atoms with Crippen LogP contribution in [0.25, 0.3) is 11.1 Å². The largest absolute Gasteiger partial charge is 0.486 e. The van der Waals surface area contributed by atoms with E-state index in [4.69, 9.17) is 21.1 Å². The highest BCUT2D eigenvalue weighted by atomic mass is 79.9. The summed E-state index contributed by atoms with van der Waals surface area (Å²) in [4.78, 5) is 12.4. The number of nitrogens with one attached hydrogen (secondary N) is 1. The van der Waals surface area contributed by atoms with Gasteiger partial charge < -0.3 is 14.8 Å². The van der Waals surface area contributed by atoms with Gasteiger partial charge in [0.05, 0.1) is 10.6 Å². The van der Waals surface area contributed by atoms with Crippen molar-refractivity contribution in [2.75, 3.05) is 18.5 Å². The Balaban J connectivity index is 1.56. The first kappa shape index (κ1) is 17.9. The van der Waals surface area contributed by atoms with E-state index in [1.54, 1.807) is 24.3 Å². The lowest BCUT2D eigenvalue weighted by atomic mass is 10.0. The average molecular weight is 445 g/mol. The molecule has 6 heteroatoms. The number of benzene rings is 3. The summed E-state index contributed by atoms with van der Waals surface area (Å²) in [5, 5.41) is 3.29. The molecule has 1 N–H and O–H groups in total. The Morgan fingerprint density at radius 3 is 2.33 bits per heavy atom. The van der Waals surface area contributed by atoms with Crippen LogP contribution in [0.1, 0.15) is 10.4 Å². The van der Waals surface area contributed by atoms with E-state index in [0.717, 1.165) is 27.1 Å². The van der Waals surface area contributed by atoms with Gasteiger partial charge in [-0.2, -0.15) is 0 Å². The minimum atomic E-state index is -0.242. The summed E-state index contributed by atoms with van der Waals surface area (Å²) in [6.45, 7) is 1.10. The summed E-state index contributed by atoms with van der Waals surface area (Å²) < 4.78 is 12.2. The van der Waals surface area contributed by atoms with E-state index in [9.17, 15) is 4.79 Å². The van der Waals surface area contributed by atoms with Crippen molar-refractivity contribution < 1.29 is 14.3 Å². The smallest absolute Gasteiger partial charge is 0.257 e. The Labute approximate surface area is 170 Å². The monoisotopic (exact) mass is 443 g/mol. The zero-order valence-corrected chi connectivity index (χ0v) is 16.5. The van der Waals surface area contributed by atoms with Gasteiger partial charge in [-0.05, 0) is 47.5 Å². The number of hydrogen-bond acceptors (Lipinski definition) is 3. The quantitative estimate of drug-likeness (QED) is 0.556. The molecule has 0 unspecified atom stereocenters. The van der Waals surface area contributed by atoms with E-state index in [0.29, 0.717) is 29.5 Å². The molecular weight excluding hydrogens is 430 g/mol. The number of hydrogen-bond donors (Lipinski definition) is 1. The summed E-state index contributed by atoms with van der Waals surface area (Å²) in [7, 11) is 0. The lowest BCUT2D eigenvalue weighted by Crippen LogP contribution is -2.15. The van der Waals surface area contributed by atoms with Gasteiger partial charge in [0, 0.05) is 10.2 Å². The molecule has 1 aliphatic rings. The molecule has 0 aliphatic carbocycles. The van der Waals surface area contributed by atoms with Crippen LogP contribution in [0, 0.1) is 0 Å². The van der Waals surface area contributed by atoms with E-state index in [2.05, 4.69) is 21.2 Å². The van der Waals surface area contributed by atoms with Crippen LogP contribution in [-0.4, -0.2) is 19.1 Å². The predicted octanol–water partition coefficient (Wildman–Crippen LogP) is 5.79. The molecular formula is C21H15BrClNO3. The lowest BCUT2D eigenvalue weighted by molar-refractivity contribution is 0.102. The molecule has 136 valence electrons. The third-order valence-electron chi connectivity index (χ3n) is 4.20. The van der Waals surface area contributed by atoms with E-state index in [1.807, 2.05) is 36.4 Å². The number of carbonyl (C=O) groups excluding carboxylic acids is 1. The third-order valence-corrected chi connectivity index (χ3v) is 5.19. The van der Waals surface area contributed by atoms with Crippen LogP contribution in [0.3, 0.4) is 0 Å². The highest BCUT2D eigenvalue weighted by molar-refractivity contribution is 9.10. The fourth-order valence-electron chi connectivity index (χ4n) is 2.86. The van der Waals surface area contributed by atoms with Gasteiger partial charge >= 0.3 is 0 Å². The molecule has 3 aromatic carbocycles. The molecule has 0 aromatic heterocycles. The Kier molecular flexibility index (Phi) is 5.05. The van der Waals surface area contributed by atoms with E-state index < -0.39 is 0 Å². The molecule has 0 spiro atoms. The van der Waals surface area contributed by atoms with Crippen LogP contribution >= 0.6 is 27.5 Å². The van der Waals surface area contributed by atoms with Crippen LogP contribution in [-0.2, 0) is 0 Å². The fraction of sp³-hybridized carbons (Fsp3) is 0.0952. The van der Waals surface area contributed by atoms with Gasteiger partial charge in [-0.15, -0.1) is 0 Å². The second kappa shape index (κ2) is 7.62. The maximum absolute atomic E-state index is 12.4. The Hall–Kier alpha value is -2.50. The topological polar surface area (TPSA) is 47.6 Å². The first-order valence-corrected chi connectivity index (χ1v) is 9.54. The first-order valence-electron chi connectivity index (χ1n) is 8.37. The SMILES string of the molecule is O=C(Nc1ccc(-c2cc3c(cc2Br)OCCO3)cc1)c1ccccc1Cl. The molecule has 4 nitrogen and oxygen atoms in total. The summed E-state index contributed by atoms with van der Waals surface area (Å²) in [5.41, 5.74) is 3.12. The zero-order chi connectivity index (χ0) is 18.8. The van der Waals surface area contributed by atoms with Crippen molar-refractivity contribution in [1.29, 1.82) is 0 Å². The van der Waals surface area contributed by atoms with Crippen molar-refractivity contribution in [2.24, 2.45) is 0 Å². The van der Waals surface area contributed by atoms with Crippen LogP contribution in [0.5, 0.6) is 11.5 Å². The van der Waals surface area contributed by atoms with Crippen molar-refractivity contribution in [3.05, 3.63) is 75.7 Å². The number of carbonyl (C=O) groups is 1. The molecule has 0 radical (unpaired) electrons. The van der Waals surface area contributed by atoms with Gasteiger partial charge in [-0.3, -0.25) is 4.79 Å². The fourth-order valence-corrected chi connectivity index (χ4v) is 3.63. The van der Waals surface area contributed by atoms with E-state index >= 15 is 0 Å². The van der Waals surface area contributed by atoms with Crippen molar-refractivity contribution in [3.63, 3.8) is 0 Å². The van der Waals surface area contributed by atoms with Gasteiger partial charge in [0.1, 0.15) is 13.2 Å². The van der Waals surface area contributed by atoms with Crippen LogP contribution in [0.2, 0.25) is 5.02 Å². The molecule has 1 amide bonds. The van der Waals surface area contributed by atoms with Crippen molar-refractivity contribution >= 4 is 39.1 Å². The molecule has 0 bridgehead atoms. The number of ether oxygens (including phenoxy) is 2. The van der Waals surface area contributed by atoms with Gasteiger partial charge in [-0.25, -0.2) is 0 Å². The standard InChI is InChI=1S/C21H15BrClNO3/c22-17-12-20-19(26-9-10-27-20)11-16(17)13-5-7-14(8-6-13)24-21(25)15-3-1-2-4-18(15)23/h1-8,11-12H,9-10H2,(H,24,25). The number of amides is 1. The molecule has 0 atom stereocenters. The summed E-state index contributed by atoms with van der Waals surface area (Å²) in [5.74, 6) is 1.23. The van der Waals surface area contributed by atoms with Gasteiger partial charge in [-0.1, -0.05) is 51.8 Å². The van der Waals surface area contributed by atoms with Crippen LogP contribution in [0.4, 0.5) is 5.69 Å². The third kappa shape index (κ3) is 3.80. The normalized spacial score (nSPS) is 12.5. The number of halogens is 2. The molecule has 0 saturated carbocycles. The maximum Gasteiger partial charge on any atom is 0.257 e. The van der Waals surface area contributed by atoms with Crippen LogP contribution in [0.15, 0.2) is 65.1 Å². The van der Waals surface area contributed by atoms with Gasteiger partial charge in [0.15, 0.2) is 11.5 Å². The Bertz CT molecular complexity index is 1000. The maximum atomic E-state index is 12.4. The lowest BCUT2D eigenvalue weighted by Gasteiger charge is -2.20. The number of rotatable bonds is 3. The average Bonchev–Trinajstić information content (AvgIpc) is 2.68. The highest BCUT2D eigenvalue weighted by Gasteiger charge is 2.16. The minimum Gasteiger partial charge on any atom is -0.486 e. The Morgan fingerprint density at radius 2 is 1.63 bits per heavy atom. The molecule has 27 heavy (non-hydrogen) atoms. The first-order chi connectivity index (χ1) is 13.1. The molecule has 0 fully saturated rings. The molecule has 3 aromatic rings. The number of anilines is 1. The summed E-state index contributed by atoms with van der Waals surface area (Å²) >= 11 is 9.67. The zero-order valence-electron chi connectivity index (χ0n) is 14.2.